The molecule has 0 fully saturated rings. The van der Waals surface area contributed by atoms with Gasteiger partial charge in [0.2, 0.25) is 0 Å². The minimum Gasteiger partial charge on any atom is -0.726 e. The molecule has 0 amide bonds. The van der Waals surface area contributed by atoms with E-state index >= 15 is 0 Å². The predicted molar refractivity (Wildman–Crippen MR) is 387 cm³/mol. The van der Waals surface area contributed by atoms with Gasteiger partial charge in [-0.15, -0.1) is 0 Å². The maximum absolute atomic E-state index is 6.05. The van der Waals surface area contributed by atoms with Crippen LogP contribution >= 0.6 is 35.0 Å². The molecule has 4 nitrogen and oxygen atoms in total. The van der Waals surface area contributed by atoms with Gasteiger partial charge in [-0.2, -0.15) is 0 Å². The molecule has 0 aliphatic carbocycles. The van der Waals surface area contributed by atoms with Crippen LogP contribution in [-0.4, -0.2) is 136 Å². The second-order valence-electron chi connectivity index (χ2n) is 22.9. The van der Waals surface area contributed by atoms with Crippen molar-refractivity contribution in [2.24, 2.45) is 0 Å². The van der Waals surface area contributed by atoms with Crippen LogP contribution in [-0.2, 0) is 90.5 Å². The van der Waals surface area contributed by atoms with Gasteiger partial charge in [0.25, 0.3) is 0 Å². The zero-order valence-corrected chi connectivity index (χ0v) is 64.1. The van der Waals surface area contributed by atoms with Gasteiger partial charge in [0, 0.05) is 0 Å². The van der Waals surface area contributed by atoms with Gasteiger partial charge < -0.3 is 69.5 Å². The van der Waals surface area contributed by atoms with Crippen LogP contribution in [0.3, 0.4) is 0 Å². The first kappa shape index (κ1) is 88.6. The second kappa shape index (κ2) is 48.9. The molecule has 0 spiro atoms. The monoisotopic (exact) mass is 1330 g/mol. The van der Waals surface area contributed by atoms with Gasteiger partial charge in [-0.1, -0.05) is 156 Å². The molecular weight excluding hydrogens is 1190 g/mol. The van der Waals surface area contributed by atoms with Crippen LogP contribution in [0.2, 0.25) is 0 Å². The third-order valence-corrected chi connectivity index (χ3v) is 49.4. The van der Waals surface area contributed by atoms with Crippen molar-refractivity contribution in [2.75, 3.05) is 118 Å². The average molecular weight is 1330 g/mol. The molecule has 474 valence electrons. The molecule has 0 N–H and O–H groups in total. The Morgan fingerprint density at radius 3 is 0.351 bits per heavy atom. The Kier molecular flexibility index (Phi) is 56.2. The van der Waals surface area contributed by atoms with E-state index in [2.05, 4.69) is 138 Å². The van der Waals surface area contributed by atoms with Gasteiger partial charge in [-0.25, -0.2) is 35.0 Å². The van der Waals surface area contributed by atoms with Gasteiger partial charge in [-0.05, 0) is 220 Å². The van der Waals surface area contributed by atoms with Crippen LogP contribution in [0.15, 0.2) is 0 Å². The summed E-state index contributed by atoms with van der Waals surface area (Å²) in [7, 11) is -6.68. The average Bonchev–Trinajstić information content (AvgIpc) is 3.37. The van der Waals surface area contributed by atoms with Crippen molar-refractivity contribution >= 4 is 103 Å². The number of hydrogen-bond acceptors (Lipinski definition) is 8. The second-order valence-corrected chi connectivity index (χ2v) is 47.8. The molecule has 0 aliphatic heterocycles. The summed E-state index contributed by atoms with van der Waals surface area (Å²) in [6.45, 7) is 48.7. The van der Waals surface area contributed by atoms with Crippen molar-refractivity contribution in [2.45, 2.75) is 267 Å². The molecule has 0 rings (SSSR count). The molecule has 0 saturated heterocycles. The summed E-state index contributed by atoms with van der Waals surface area (Å²) in [4.78, 5) is 0. The molecule has 0 saturated carbocycles. The molecule has 0 radical (unpaired) electrons. The van der Waals surface area contributed by atoms with Crippen molar-refractivity contribution in [3.63, 3.8) is 0 Å². The molecular formula is C64H140MoO4S8. The van der Waals surface area contributed by atoms with Crippen LogP contribution in [0.1, 0.15) is 267 Å². The smallest absolute Gasteiger partial charge is 0.726 e. The van der Waals surface area contributed by atoms with Gasteiger partial charge in [0.1, 0.15) is 0 Å². The van der Waals surface area contributed by atoms with Crippen molar-refractivity contribution in [1.29, 1.82) is 0 Å². The fourth-order valence-electron chi connectivity index (χ4n) is 13.8. The Bertz CT molecular complexity index is 1310. The van der Waals surface area contributed by atoms with Gasteiger partial charge in [0.05, 0.1) is 26.4 Å². The molecule has 0 heterocycles. The van der Waals surface area contributed by atoms with Crippen molar-refractivity contribution in [3.05, 3.63) is 0 Å². The maximum Gasteiger partial charge on any atom is 4.00 e. The molecule has 0 aromatic rings. The minimum atomic E-state index is -1.67. The topological polar surface area (TPSA) is 36.9 Å². The summed E-state index contributed by atoms with van der Waals surface area (Å²) in [5.41, 5.74) is 0. The van der Waals surface area contributed by atoms with Crippen molar-refractivity contribution in [3.8, 4) is 0 Å². The van der Waals surface area contributed by atoms with Gasteiger partial charge in [-0.3, -0.25) is 0 Å². The fourth-order valence-corrected chi connectivity index (χ4v) is 44.4. The molecule has 0 bridgehead atoms. The molecule has 0 unspecified atom stereocenters. The van der Waals surface area contributed by atoms with E-state index in [0.717, 1.165) is 69.6 Å². The van der Waals surface area contributed by atoms with Gasteiger partial charge in [0.15, 0.2) is 0 Å². The largest absolute Gasteiger partial charge is 4.00 e. The van der Waals surface area contributed by atoms with E-state index in [0.29, 0.717) is 0 Å². The maximum atomic E-state index is 6.05. The van der Waals surface area contributed by atoms with E-state index < -0.39 is 35.0 Å². The molecule has 0 aromatic carbocycles. The number of rotatable bonds is 40. The summed E-state index contributed by atoms with van der Waals surface area (Å²) < 4.78 is 28.3. The summed E-state index contributed by atoms with van der Waals surface area (Å²) in [6, 6.07) is 0. The van der Waals surface area contributed by atoms with E-state index in [9.17, 15) is 0 Å². The zero-order valence-electron chi connectivity index (χ0n) is 55.6. The Morgan fingerprint density at radius 1 is 0.195 bits per heavy atom. The third-order valence-electron chi connectivity index (χ3n) is 15.4. The molecule has 77 heavy (non-hydrogen) atoms. The van der Waals surface area contributed by atoms with Crippen molar-refractivity contribution < 1.29 is 40.0 Å². The summed E-state index contributed by atoms with van der Waals surface area (Å²) in [5.74, 6) is 20.6. The summed E-state index contributed by atoms with van der Waals surface area (Å²) >= 11 is 23.4. The summed E-state index contributed by atoms with van der Waals surface area (Å²) in [5, 5.41) is 0. The Hall–Kier alpha value is 2.81. The van der Waals surface area contributed by atoms with E-state index in [-0.39, 0.29) is 21.1 Å². The Balaban J connectivity index is -0.000000298. The normalized spacial score (nSPS) is 13.9. The number of ether oxygens (including phenoxy) is 4. The van der Waals surface area contributed by atoms with Crippen LogP contribution < -0.4 is 0 Å². The van der Waals surface area contributed by atoms with Gasteiger partial charge >= 0.3 is 21.1 Å². The molecule has 0 aliphatic rings. The first-order valence-corrected chi connectivity index (χ1v) is 44.9. The van der Waals surface area contributed by atoms with Crippen molar-refractivity contribution in [1.82, 2.24) is 0 Å². The zero-order chi connectivity index (χ0) is 59.2. The van der Waals surface area contributed by atoms with E-state index in [1.165, 1.54) is 195 Å². The minimum absolute atomic E-state index is 0. The predicted octanol–water partition coefficient (Wildman–Crippen LogP) is 20.1. The fraction of sp³-hybridized carbons (Fsp3) is 0.938. The SMILES string of the molecule is CCCOC([S-])=S(CCC)(CCC)(CCC)CCC.CCCOC([S-])=S(CCC)(CCC)(CCC)CCC.CCCOC([S-])=S(CCC)(CCC)(CCC)CCC.CCCOC([S-])=S(CCC)(CCC)(CCC)CCC.[Mo+4]. The van der Waals surface area contributed by atoms with Crippen LogP contribution in [0.4, 0.5) is 0 Å². The van der Waals surface area contributed by atoms with Crippen LogP contribution in [0.25, 0.3) is 0 Å². The molecule has 13 heteroatoms. The molecule has 0 aromatic heterocycles. The van der Waals surface area contributed by atoms with Crippen LogP contribution in [0.5, 0.6) is 0 Å². The Labute approximate surface area is 523 Å². The quantitative estimate of drug-likeness (QED) is 0.0341. The van der Waals surface area contributed by atoms with E-state index in [4.69, 9.17) is 69.5 Å². The summed E-state index contributed by atoms with van der Waals surface area (Å²) in [6.07, 6.45) is 24.0. The van der Waals surface area contributed by atoms with E-state index in [1.54, 1.807) is 0 Å². The standard InChI is InChI=1S/4C16H36OS2.Mo/c4*1-6-11-17-16(18)19(12-7-2,13-8-3,14-9-4)15-10-5;/h4*18H,6-15H2,1-5H3;/q;;;;+4/p-4. The molecule has 0 atom stereocenters. The first-order chi connectivity index (χ1) is 36.2. The third kappa shape index (κ3) is 27.2. The Morgan fingerprint density at radius 2 is 0.286 bits per heavy atom. The number of hydrogen-bond donors (Lipinski definition) is 0. The van der Waals surface area contributed by atoms with E-state index in [1.807, 2.05) is 0 Å². The van der Waals surface area contributed by atoms with Crippen LogP contribution in [0, 0.1) is 0 Å². The first-order valence-electron chi connectivity index (χ1n) is 32.4.